The molecule has 2 aromatic heterocycles. The van der Waals surface area contributed by atoms with Crippen molar-refractivity contribution < 1.29 is 0 Å². The lowest BCUT2D eigenvalue weighted by molar-refractivity contribution is 0.533. The monoisotopic (exact) mass is 243 g/mol. The summed E-state index contributed by atoms with van der Waals surface area (Å²) in [6.07, 6.45) is 11.8. The molecule has 2 aromatic rings. The Labute approximate surface area is 106 Å². The van der Waals surface area contributed by atoms with Crippen molar-refractivity contribution >= 4 is 0 Å². The first-order valence-corrected chi connectivity index (χ1v) is 6.40. The maximum absolute atomic E-state index is 4.48. The van der Waals surface area contributed by atoms with Crippen LogP contribution in [0.3, 0.4) is 0 Å². The fourth-order valence-electron chi connectivity index (χ4n) is 2.62. The Bertz CT molecular complexity index is 519. The zero-order valence-electron chi connectivity index (χ0n) is 10.5. The Morgan fingerprint density at radius 1 is 1.28 bits per heavy atom. The van der Waals surface area contributed by atoms with E-state index in [1.54, 1.807) is 18.6 Å². The Morgan fingerprint density at radius 3 is 3.00 bits per heavy atom. The van der Waals surface area contributed by atoms with Crippen LogP contribution in [0, 0.1) is 0 Å². The summed E-state index contributed by atoms with van der Waals surface area (Å²) in [6, 6.07) is 0.410. The minimum atomic E-state index is 0.410. The molecule has 0 fully saturated rings. The minimum absolute atomic E-state index is 0.410. The summed E-state index contributed by atoms with van der Waals surface area (Å²) in [7, 11) is 2.01. The molecule has 2 heterocycles. The highest BCUT2D eigenvalue weighted by Crippen LogP contribution is 2.29. The molecule has 0 saturated heterocycles. The number of rotatable bonds is 2. The molecule has 0 aromatic carbocycles. The van der Waals surface area contributed by atoms with Gasteiger partial charge < -0.3 is 5.32 Å². The van der Waals surface area contributed by atoms with Crippen LogP contribution in [0.1, 0.15) is 36.6 Å². The van der Waals surface area contributed by atoms with Gasteiger partial charge in [0, 0.05) is 24.0 Å². The third kappa shape index (κ3) is 1.90. The molecule has 1 aliphatic carbocycles. The number of aromatic nitrogens is 4. The van der Waals surface area contributed by atoms with Gasteiger partial charge in [0.1, 0.15) is 0 Å². The average Bonchev–Trinajstić information content (AvgIpc) is 2.73. The molecule has 0 bridgehead atoms. The molecule has 1 N–H and O–H groups in total. The van der Waals surface area contributed by atoms with Gasteiger partial charge in [-0.2, -0.15) is 5.10 Å². The molecule has 1 aliphatic rings. The van der Waals surface area contributed by atoms with Crippen molar-refractivity contribution in [3.63, 3.8) is 0 Å². The first kappa shape index (κ1) is 11.3. The van der Waals surface area contributed by atoms with Gasteiger partial charge in [-0.15, -0.1) is 0 Å². The van der Waals surface area contributed by atoms with Gasteiger partial charge in [-0.25, -0.2) is 9.67 Å². The molecule has 5 nitrogen and oxygen atoms in total. The summed E-state index contributed by atoms with van der Waals surface area (Å²) < 4.78 is 1.93. The maximum Gasteiger partial charge on any atom is 0.172 e. The molecule has 18 heavy (non-hydrogen) atoms. The fourth-order valence-corrected chi connectivity index (χ4v) is 2.62. The third-order valence-electron chi connectivity index (χ3n) is 3.55. The first-order chi connectivity index (χ1) is 8.90. The molecule has 1 atom stereocenters. The van der Waals surface area contributed by atoms with Crippen LogP contribution in [-0.4, -0.2) is 26.8 Å². The van der Waals surface area contributed by atoms with E-state index in [0.29, 0.717) is 6.04 Å². The third-order valence-corrected chi connectivity index (χ3v) is 3.55. The minimum Gasteiger partial charge on any atom is -0.313 e. The highest BCUT2D eigenvalue weighted by molar-refractivity contribution is 5.30. The van der Waals surface area contributed by atoms with E-state index < -0.39 is 0 Å². The molecule has 3 rings (SSSR count). The molecule has 0 amide bonds. The van der Waals surface area contributed by atoms with Gasteiger partial charge in [0.15, 0.2) is 5.82 Å². The molecular weight excluding hydrogens is 226 g/mol. The summed E-state index contributed by atoms with van der Waals surface area (Å²) in [6.45, 7) is 0. The van der Waals surface area contributed by atoms with Crippen LogP contribution < -0.4 is 5.32 Å². The van der Waals surface area contributed by atoms with Crippen molar-refractivity contribution in [3.05, 3.63) is 36.0 Å². The zero-order chi connectivity index (χ0) is 12.4. The number of nitrogens with zero attached hydrogens (tertiary/aromatic N) is 4. The van der Waals surface area contributed by atoms with Crippen molar-refractivity contribution in [1.82, 2.24) is 25.1 Å². The van der Waals surface area contributed by atoms with E-state index in [4.69, 9.17) is 0 Å². The highest BCUT2D eigenvalue weighted by Gasteiger charge is 2.22. The van der Waals surface area contributed by atoms with Crippen LogP contribution in [0.2, 0.25) is 0 Å². The van der Waals surface area contributed by atoms with Gasteiger partial charge in [0.05, 0.1) is 18.1 Å². The predicted molar refractivity (Wildman–Crippen MR) is 68.5 cm³/mol. The first-order valence-electron chi connectivity index (χ1n) is 6.40. The SMILES string of the molecule is CNC1CCCCc2c1cnn2-c1cnccn1. The van der Waals surface area contributed by atoms with Crippen molar-refractivity contribution in [2.45, 2.75) is 31.7 Å². The van der Waals surface area contributed by atoms with Crippen LogP contribution in [0.4, 0.5) is 0 Å². The van der Waals surface area contributed by atoms with E-state index in [2.05, 4.69) is 20.4 Å². The van der Waals surface area contributed by atoms with Crippen LogP contribution in [0.15, 0.2) is 24.8 Å². The van der Waals surface area contributed by atoms with E-state index in [-0.39, 0.29) is 0 Å². The van der Waals surface area contributed by atoms with Gasteiger partial charge in [0.25, 0.3) is 0 Å². The van der Waals surface area contributed by atoms with Gasteiger partial charge >= 0.3 is 0 Å². The second-order valence-electron chi connectivity index (χ2n) is 4.61. The largest absolute Gasteiger partial charge is 0.313 e. The summed E-state index contributed by atoms with van der Waals surface area (Å²) in [5, 5.41) is 7.86. The quantitative estimate of drug-likeness (QED) is 0.815. The molecule has 0 aliphatic heterocycles. The Kier molecular flexibility index (Phi) is 3.06. The van der Waals surface area contributed by atoms with E-state index in [1.807, 2.05) is 17.9 Å². The van der Waals surface area contributed by atoms with Gasteiger partial charge in [-0.3, -0.25) is 4.98 Å². The Hall–Kier alpha value is -1.75. The smallest absolute Gasteiger partial charge is 0.172 e. The summed E-state index contributed by atoms with van der Waals surface area (Å²) in [5.41, 5.74) is 2.58. The number of hydrogen-bond donors (Lipinski definition) is 1. The molecule has 0 spiro atoms. The fraction of sp³-hybridized carbons (Fsp3) is 0.462. The van der Waals surface area contributed by atoms with E-state index in [1.165, 1.54) is 30.5 Å². The van der Waals surface area contributed by atoms with Crippen LogP contribution >= 0.6 is 0 Å². The lowest BCUT2D eigenvalue weighted by Gasteiger charge is -2.13. The van der Waals surface area contributed by atoms with Crippen LogP contribution in [0.5, 0.6) is 0 Å². The standard InChI is InChI=1S/C13H17N5/c1-14-11-4-2-3-5-12-10(11)8-17-18(12)13-9-15-6-7-16-13/h6-9,11,14H,2-5H2,1H3. The lowest BCUT2D eigenvalue weighted by atomic mass is 10.1. The molecule has 0 saturated carbocycles. The molecule has 94 valence electrons. The molecule has 1 unspecified atom stereocenters. The van der Waals surface area contributed by atoms with Crippen molar-refractivity contribution in [1.29, 1.82) is 0 Å². The Balaban J connectivity index is 2.06. The van der Waals surface area contributed by atoms with Crippen LogP contribution in [-0.2, 0) is 6.42 Å². The number of nitrogens with one attached hydrogen (secondary N) is 1. The molecule has 5 heteroatoms. The van der Waals surface area contributed by atoms with Crippen molar-refractivity contribution in [3.8, 4) is 5.82 Å². The van der Waals surface area contributed by atoms with Gasteiger partial charge in [-0.05, 0) is 26.3 Å². The van der Waals surface area contributed by atoms with Gasteiger partial charge in [0.2, 0.25) is 0 Å². The van der Waals surface area contributed by atoms with Crippen molar-refractivity contribution in [2.75, 3.05) is 7.05 Å². The topological polar surface area (TPSA) is 55.6 Å². The summed E-state index contributed by atoms with van der Waals surface area (Å²) >= 11 is 0. The lowest BCUT2D eigenvalue weighted by Crippen LogP contribution is -2.16. The van der Waals surface area contributed by atoms with E-state index in [9.17, 15) is 0 Å². The van der Waals surface area contributed by atoms with Gasteiger partial charge in [-0.1, -0.05) is 6.42 Å². The summed E-state index contributed by atoms with van der Waals surface area (Å²) in [5.74, 6) is 0.801. The molecular formula is C13H17N5. The van der Waals surface area contributed by atoms with E-state index in [0.717, 1.165) is 12.2 Å². The average molecular weight is 243 g/mol. The zero-order valence-corrected chi connectivity index (χ0v) is 10.5. The number of fused-ring (bicyclic) bond motifs is 1. The predicted octanol–water partition coefficient (Wildman–Crippen LogP) is 1.65. The van der Waals surface area contributed by atoms with E-state index >= 15 is 0 Å². The second-order valence-corrected chi connectivity index (χ2v) is 4.61. The van der Waals surface area contributed by atoms with Crippen LogP contribution in [0.25, 0.3) is 5.82 Å². The second kappa shape index (κ2) is 4.86. The Morgan fingerprint density at radius 2 is 2.22 bits per heavy atom. The number of hydrogen-bond acceptors (Lipinski definition) is 4. The highest BCUT2D eigenvalue weighted by atomic mass is 15.3. The van der Waals surface area contributed by atoms with Crippen molar-refractivity contribution in [2.24, 2.45) is 0 Å². The summed E-state index contributed by atoms with van der Waals surface area (Å²) in [4.78, 5) is 8.44. The maximum atomic E-state index is 4.48. The normalized spacial score (nSPS) is 19.3. The molecule has 0 radical (unpaired) electrons.